The Balaban J connectivity index is 2.11. The van der Waals surface area contributed by atoms with E-state index in [1.807, 2.05) is 12.1 Å². The molecule has 0 aliphatic carbocycles. The molecule has 2 aromatic rings. The van der Waals surface area contributed by atoms with Gasteiger partial charge in [0.15, 0.2) is 11.5 Å². The number of hydrogen-bond acceptors (Lipinski definition) is 4. The summed E-state index contributed by atoms with van der Waals surface area (Å²) in [5.74, 6) is 1.13. The molecule has 0 aliphatic heterocycles. The van der Waals surface area contributed by atoms with Crippen molar-refractivity contribution in [3.63, 3.8) is 0 Å². The first kappa shape index (κ1) is 13.4. The van der Waals surface area contributed by atoms with Crippen LogP contribution in [0.25, 0.3) is 0 Å². The Morgan fingerprint density at radius 3 is 2.74 bits per heavy atom. The second-order valence-electron chi connectivity index (χ2n) is 3.73. The van der Waals surface area contributed by atoms with Crippen LogP contribution in [0.1, 0.15) is 11.3 Å². The maximum Gasteiger partial charge on any atom is 0.162 e. The van der Waals surface area contributed by atoms with Crippen LogP contribution in [0.2, 0.25) is 0 Å². The van der Waals surface area contributed by atoms with E-state index in [9.17, 15) is 0 Å². The highest BCUT2D eigenvalue weighted by Crippen LogP contribution is 2.28. The van der Waals surface area contributed by atoms with E-state index in [0.29, 0.717) is 23.7 Å². The fraction of sp³-hybridized carbons (Fsp3) is 0.143. The second-order valence-corrected chi connectivity index (χ2v) is 4.65. The maximum absolute atomic E-state index is 8.82. The van der Waals surface area contributed by atoms with Crippen LogP contribution >= 0.6 is 15.9 Å². The van der Waals surface area contributed by atoms with Gasteiger partial charge >= 0.3 is 0 Å². The Morgan fingerprint density at radius 2 is 2.11 bits per heavy atom. The minimum Gasteiger partial charge on any atom is -0.493 e. The Bertz CT molecular complexity index is 606. The average molecular weight is 319 g/mol. The molecule has 0 amide bonds. The lowest BCUT2D eigenvalue weighted by Gasteiger charge is -2.10. The third-order valence-corrected chi connectivity index (χ3v) is 2.93. The van der Waals surface area contributed by atoms with Gasteiger partial charge in [-0.1, -0.05) is 0 Å². The molecule has 0 N–H and O–H groups in total. The molecular weight excluding hydrogens is 308 g/mol. The van der Waals surface area contributed by atoms with Gasteiger partial charge in [-0.15, -0.1) is 0 Å². The molecule has 0 fully saturated rings. The largest absolute Gasteiger partial charge is 0.493 e. The summed E-state index contributed by atoms with van der Waals surface area (Å²) in [6.45, 7) is 0.343. The lowest BCUT2D eigenvalue weighted by Crippen LogP contribution is -1.99. The second kappa shape index (κ2) is 6.21. The molecule has 5 heteroatoms. The van der Waals surface area contributed by atoms with Crippen LogP contribution in [0.15, 0.2) is 41.0 Å². The van der Waals surface area contributed by atoms with Crippen LogP contribution in [0.5, 0.6) is 11.5 Å². The van der Waals surface area contributed by atoms with Gasteiger partial charge in [0, 0.05) is 16.7 Å². The average Bonchev–Trinajstić information content (AvgIpc) is 2.46. The molecule has 0 spiro atoms. The molecule has 96 valence electrons. The lowest BCUT2D eigenvalue weighted by molar-refractivity contribution is 0.280. The zero-order valence-corrected chi connectivity index (χ0v) is 11.8. The van der Waals surface area contributed by atoms with Crippen molar-refractivity contribution >= 4 is 15.9 Å². The Morgan fingerprint density at radius 1 is 1.26 bits per heavy atom. The number of ether oxygens (including phenoxy) is 2. The molecule has 1 aromatic carbocycles. The van der Waals surface area contributed by atoms with Crippen molar-refractivity contribution in [1.29, 1.82) is 5.26 Å². The van der Waals surface area contributed by atoms with Crippen LogP contribution in [-0.2, 0) is 6.61 Å². The standard InChI is InChI=1S/C14H11BrN2O2/c1-18-14-6-10(7-16)2-5-13(14)19-9-12-4-3-11(15)8-17-12/h2-6,8H,9H2,1H3. The number of nitriles is 1. The van der Waals surface area contributed by atoms with Crippen molar-refractivity contribution in [2.45, 2.75) is 6.61 Å². The quantitative estimate of drug-likeness (QED) is 0.867. The molecular formula is C14H11BrN2O2. The van der Waals surface area contributed by atoms with E-state index in [0.717, 1.165) is 10.2 Å². The molecule has 2 rings (SSSR count). The first-order chi connectivity index (χ1) is 9.22. The summed E-state index contributed by atoms with van der Waals surface area (Å²) in [4.78, 5) is 4.22. The minimum absolute atomic E-state index is 0.343. The number of halogens is 1. The smallest absolute Gasteiger partial charge is 0.162 e. The van der Waals surface area contributed by atoms with Crippen LogP contribution in [0.4, 0.5) is 0 Å². The van der Waals surface area contributed by atoms with E-state index in [4.69, 9.17) is 14.7 Å². The molecule has 19 heavy (non-hydrogen) atoms. The van der Waals surface area contributed by atoms with Gasteiger partial charge in [-0.25, -0.2) is 0 Å². The van der Waals surface area contributed by atoms with E-state index < -0.39 is 0 Å². The third-order valence-electron chi connectivity index (χ3n) is 2.46. The zero-order chi connectivity index (χ0) is 13.7. The summed E-state index contributed by atoms with van der Waals surface area (Å²) in [6.07, 6.45) is 1.72. The Hall–Kier alpha value is -2.06. The summed E-state index contributed by atoms with van der Waals surface area (Å²) in [7, 11) is 1.54. The van der Waals surface area contributed by atoms with Crippen molar-refractivity contribution in [2.75, 3.05) is 7.11 Å². The van der Waals surface area contributed by atoms with Gasteiger partial charge < -0.3 is 9.47 Å². The van der Waals surface area contributed by atoms with Gasteiger partial charge in [-0.05, 0) is 40.2 Å². The first-order valence-electron chi connectivity index (χ1n) is 5.54. The van der Waals surface area contributed by atoms with Crippen molar-refractivity contribution < 1.29 is 9.47 Å². The molecule has 0 atom stereocenters. The molecule has 0 unspecified atom stereocenters. The molecule has 0 radical (unpaired) electrons. The SMILES string of the molecule is COc1cc(C#N)ccc1OCc1ccc(Br)cn1. The highest BCUT2D eigenvalue weighted by atomic mass is 79.9. The van der Waals surface area contributed by atoms with Gasteiger partial charge in [0.1, 0.15) is 6.61 Å². The van der Waals surface area contributed by atoms with Gasteiger partial charge in [0.25, 0.3) is 0 Å². The highest BCUT2D eigenvalue weighted by Gasteiger charge is 2.06. The number of hydrogen-bond donors (Lipinski definition) is 0. The summed E-state index contributed by atoms with van der Waals surface area (Å²) < 4.78 is 11.8. The summed E-state index contributed by atoms with van der Waals surface area (Å²) in [6, 6.07) is 10.9. The number of rotatable bonds is 4. The Labute approximate surface area is 119 Å². The van der Waals surface area contributed by atoms with Crippen molar-refractivity contribution in [3.8, 4) is 17.6 Å². The normalized spacial score (nSPS) is 9.74. The molecule has 1 aromatic heterocycles. The number of nitrogens with zero attached hydrogens (tertiary/aromatic N) is 2. The predicted octanol–water partition coefficient (Wildman–Crippen LogP) is 3.30. The summed E-state index contributed by atoms with van der Waals surface area (Å²) in [5.41, 5.74) is 1.35. The number of aromatic nitrogens is 1. The number of methoxy groups -OCH3 is 1. The first-order valence-corrected chi connectivity index (χ1v) is 6.33. The van der Waals surface area contributed by atoms with Crippen LogP contribution in [0, 0.1) is 11.3 Å². The zero-order valence-electron chi connectivity index (χ0n) is 10.3. The van der Waals surface area contributed by atoms with Gasteiger partial charge in [-0.2, -0.15) is 5.26 Å². The van der Waals surface area contributed by atoms with E-state index in [1.165, 1.54) is 0 Å². The highest BCUT2D eigenvalue weighted by molar-refractivity contribution is 9.10. The fourth-order valence-corrected chi connectivity index (χ4v) is 1.73. The maximum atomic E-state index is 8.82. The van der Waals surface area contributed by atoms with Crippen molar-refractivity contribution in [3.05, 3.63) is 52.3 Å². The van der Waals surface area contributed by atoms with E-state index in [1.54, 1.807) is 31.5 Å². The third kappa shape index (κ3) is 3.46. The Kier molecular flexibility index (Phi) is 4.37. The molecule has 0 aliphatic rings. The lowest BCUT2D eigenvalue weighted by atomic mass is 10.2. The van der Waals surface area contributed by atoms with Gasteiger partial charge in [0.2, 0.25) is 0 Å². The molecule has 4 nitrogen and oxygen atoms in total. The number of pyridine rings is 1. The van der Waals surface area contributed by atoms with E-state index in [-0.39, 0.29) is 0 Å². The van der Waals surface area contributed by atoms with Crippen LogP contribution in [0.3, 0.4) is 0 Å². The van der Waals surface area contributed by atoms with Gasteiger partial charge in [-0.3, -0.25) is 4.98 Å². The molecule has 0 saturated heterocycles. The molecule has 1 heterocycles. The van der Waals surface area contributed by atoms with Crippen molar-refractivity contribution in [1.82, 2.24) is 4.98 Å². The fourth-order valence-electron chi connectivity index (χ4n) is 1.50. The van der Waals surface area contributed by atoms with Gasteiger partial charge in [0.05, 0.1) is 24.4 Å². The van der Waals surface area contributed by atoms with Crippen LogP contribution < -0.4 is 9.47 Å². The molecule has 0 bridgehead atoms. The predicted molar refractivity (Wildman–Crippen MR) is 74.0 cm³/mol. The van der Waals surface area contributed by atoms with E-state index >= 15 is 0 Å². The molecule has 0 saturated carbocycles. The summed E-state index contributed by atoms with van der Waals surface area (Å²) in [5, 5.41) is 8.82. The summed E-state index contributed by atoms with van der Waals surface area (Å²) >= 11 is 3.33. The van der Waals surface area contributed by atoms with E-state index in [2.05, 4.69) is 27.0 Å². The van der Waals surface area contributed by atoms with Crippen molar-refractivity contribution in [2.24, 2.45) is 0 Å². The van der Waals surface area contributed by atoms with Crippen LogP contribution in [-0.4, -0.2) is 12.1 Å². The number of benzene rings is 1. The minimum atomic E-state index is 0.343. The topological polar surface area (TPSA) is 55.1 Å². The monoisotopic (exact) mass is 318 g/mol.